The molecule has 2 fully saturated rings. The number of likely N-dealkylation sites (N-methyl/N-ethyl adjacent to an activating group) is 1. The molecule has 1 aromatic carbocycles. The lowest BCUT2D eigenvalue weighted by Gasteiger charge is -2.34. The van der Waals surface area contributed by atoms with E-state index in [2.05, 4.69) is 59.6 Å². The van der Waals surface area contributed by atoms with Gasteiger partial charge in [-0.2, -0.15) is 0 Å². The van der Waals surface area contributed by atoms with Crippen molar-refractivity contribution in [3.05, 3.63) is 66.3 Å². The quantitative estimate of drug-likeness (QED) is 0.0703. The number of tetrazole rings is 1. The molecule has 4 atom stereocenters. The molecule has 0 bridgehead atoms. The Balaban J connectivity index is 1.53. The number of ether oxygens (including phenoxy) is 2. The molecule has 0 unspecified atom stereocenters. The number of aryl methyl sites for hydroxylation is 1. The SMILES string of the molecule is C=CC(=O)N1CC[C@H](C(=O)N(C)[C@H](C(=O)N[C@@H](Cc2nnn(-c3ccc4c(c3)c(CC(C)(C)COC(C)=O)c(/C(C=C)=C(/N=C\C)[C@H](C)OC)n4CC)n2)C(=O)N2CCCCN2)C(C)C)C1. The highest BCUT2D eigenvalue weighted by Gasteiger charge is 2.39. The topological polar surface area (TPSA) is 198 Å². The van der Waals surface area contributed by atoms with E-state index in [1.807, 2.05) is 45.9 Å². The molecule has 5 rings (SSSR count). The zero-order valence-corrected chi connectivity index (χ0v) is 40.4. The van der Waals surface area contributed by atoms with Crippen LogP contribution in [0.2, 0.25) is 0 Å². The van der Waals surface area contributed by atoms with Gasteiger partial charge in [0.1, 0.15) is 12.1 Å². The Labute approximate surface area is 388 Å². The van der Waals surface area contributed by atoms with Gasteiger partial charge in [-0.25, -0.2) is 5.43 Å². The zero-order valence-electron chi connectivity index (χ0n) is 40.4. The number of likely N-dealkylation sites (tertiary alicyclic amines) is 1. The number of allylic oxidation sites excluding steroid dienone is 2. The third kappa shape index (κ3) is 11.7. The van der Waals surface area contributed by atoms with Crippen molar-refractivity contribution in [2.75, 3.05) is 46.9 Å². The number of nitrogens with one attached hydrogen (secondary N) is 2. The first-order valence-electron chi connectivity index (χ1n) is 22.9. The Morgan fingerprint density at radius 3 is 2.45 bits per heavy atom. The van der Waals surface area contributed by atoms with Gasteiger partial charge in [0.15, 0.2) is 5.82 Å². The number of aromatic nitrogens is 5. The number of esters is 1. The predicted octanol–water partition coefficient (Wildman–Crippen LogP) is 4.46. The standard InChI is InChI=1S/C48H69N11O7/c1-13-35(42(49-15-3)31(7)65-12)44-37(27-48(9,10)29-66-32(8)60)36-25-34(19-20-39(36)57(44)16-4)59-53-40(52-54-59)26-38(47(64)58-23-18-17-22-50-58)51-45(62)43(30(5)6)55(11)46(63)33-21-24-56(28-33)41(61)14-2/h13-15,19-20,25,30-31,33,38,43,50H,1-2,16-18,21-24,26-29H2,3-12H3,(H,51,62)/b42-35+,49-15-/t31-,33-,38-,43-/m0/s1. The van der Waals surface area contributed by atoms with Crippen LogP contribution in [0.15, 0.2) is 54.2 Å². The molecule has 0 radical (unpaired) electrons. The van der Waals surface area contributed by atoms with Crippen LogP contribution in [0.1, 0.15) is 91.7 Å². The molecule has 0 spiro atoms. The third-order valence-corrected chi connectivity index (χ3v) is 12.3. The number of hydrazine groups is 1. The largest absolute Gasteiger partial charge is 0.465 e. The average Bonchev–Trinajstić information content (AvgIpc) is 4.06. The zero-order chi connectivity index (χ0) is 48.5. The van der Waals surface area contributed by atoms with Gasteiger partial charge >= 0.3 is 5.97 Å². The lowest BCUT2D eigenvalue weighted by Crippen LogP contribution is -2.60. The smallest absolute Gasteiger partial charge is 0.302 e. The first-order chi connectivity index (χ1) is 31.4. The van der Waals surface area contributed by atoms with Gasteiger partial charge in [0.2, 0.25) is 17.7 Å². The molecule has 2 aromatic heterocycles. The van der Waals surface area contributed by atoms with Crippen LogP contribution in [-0.4, -0.2) is 141 Å². The van der Waals surface area contributed by atoms with Crippen LogP contribution in [0, 0.1) is 17.3 Å². The molecular weight excluding hydrogens is 843 g/mol. The minimum atomic E-state index is -1.09. The first-order valence-corrected chi connectivity index (χ1v) is 22.9. The molecular formula is C48H69N11O7. The second kappa shape index (κ2) is 22.5. The van der Waals surface area contributed by atoms with Crippen LogP contribution >= 0.6 is 0 Å². The van der Waals surface area contributed by atoms with E-state index in [4.69, 9.17) is 19.6 Å². The summed E-state index contributed by atoms with van der Waals surface area (Å²) in [6.45, 7) is 25.4. The average molecular weight is 912 g/mol. The number of amides is 4. The number of methoxy groups -OCH3 is 1. The number of carbonyl (C=O) groups excluding carboxylic acids is 5. The van der Waals surface area contributed by atoms with Crippen LogP contribution in [0.25, 0.3) is 22.2 Å². The number of hydrogen-bond donors (Lipinski definition) is 2. The van der Waals surface area contributed by atoms with Gasteiger partial charge in [0.05, 0.1) is 35.7 Å². The fourth-order valence-corrected chi connectivity index (χ4v) is 8.93. The summed E-state index contributed by atoms with van der Waals surface area (Å²) >= 11 is 0. The molecule has 4 heterocycles. The van der Waals surface area contributed by atoms with E-state index in [1.165, 1.54) is 27.7 Å². The highest BCUT2D eigenvalue weighted by molar-refractivity contribution is 5.95. The normalized spacial score (nSPS) is 17.4. The molecule has 66 heavy (non-hydrogen) atoms. The Kier molecular flexibility index (Phi) is 17.3. The molecule has 0 saturated carbocycles. The van der Waals surface area contributed by atoms with Crippen molar-refractivity contribution in [3.8, 4) is 5.69 Å². The lowest BCUT2D eigenvalue weighted by atomic mass is 9.84. The van der Waals surface area contributed by atoms with Gasteiger partial charge in [-0.15, -0.1) is 15.0 Å². The first kappa shape index (κ1) is 51.0. The fourth-order valence-electron chi connectivity index (χ4n) is 8.93. The number of fused-ring (bicyclic) bond motifs is 1. The van der Waals surface area contributed by atoms with Crippen LogP contribution < -0.4 is 10.7 Å². The number of hydrogen-bond acceptors (Lipinski definition) is 12. The molecule has 2 aliphatic heterocycles. The molecule has 2 saturated heterocycles. The molecule has 3 aromatic rings. The number of carbonyl (C=O) groups is 5. The maximum absolute atomic E-state index is 14.3. The minimum absolute atomic E-state index is 0.0768. The number of benzene rings is 1. The summed E-state index contributed by atoms with van der Waals surface area (Å²) in [6, 6.07) is 3.90. The Morgan fingerprint density at radius 2 is 1.85 bits per heavy atom. The molecule has 2 aliphatic rings. The maximum atomic E-state index is 14.3. The fraction of sp³-hybridized carbons (Fsp3) is 0.562. The lowest BCUT2D eigenvalue weighted by molar-refractivity contribution is -0.146. The van der Waals surface area contributed by atoms with Gasteiger partial charge in [-0.05, 0) is 87.4 Å². The minimum Gasteiger partial charge on any atom is -0.465 e. The van der Waals surface area contributed by atoms with Gasteiger partial charge in [0.25, 0.3) is 5.91 Å². The Bertz CT molecular complexity index is 2340. The van der Waals surface area contributed by atoms with E-state index in [0.717, 1.165) is 40.6 Å². The summed E-state index contributed by atoms with van der Waals surface area (Å²) in [7, 11) is 3.23. The van der Waals surface area contributed by atoms with Crippen molar-refractivity contribution in [2.24, 2.45) is 22.2 Å². The number of aliphatic imine (C=N–C) groups is 1. The van der Waals surface area contributed by atoms with Gasteiger partial charge in [0, 0.05) is 88.3 Å². The van der Waals surface area contributed by atoms with Crippen LogP contribution in [0.3, 0.4) is 0 Å². The van der Waals surface area contributed by atoms with E-state index >= 15 is 0 Å². The summed E-state index contributed by atoms with van der Waals surface area (Å²) < 4.78 is 13.5. The molecule has 18 heteroatoms. The second-order valence-corrected chi connectivity index (χ2v) is 18.1. The molecule has 358 valence electrons. The number of rotatable bonds is 20. The summed E-state index contributed by atoms with van der Waals surface area (Å²) in [5.74, 6) is -2.26. The van der Waals surface area contributed by atoms with E-state index in [9.17, 15) is 24.0 Å². The van der Waals surface area contributed by atoms with E-state index in [0.29, 0.717) is 50.4 Å². The molecule has 18 nitrogen and oxygen atoms in total. The van der Waals surface area contributed by atoms with Crippen LogP contribution in [0.5, 0.6) is 0 Å². The van der Waals surface area contributed by atoms with Crippen molar-refractivity contribution in [2.45, 2.75) is 112 Å². The molecule has 2 N–H and O–H groups in total. The van der Waals surface area contributed by atoms with E-state index < -0.39 is 29.3 Å². The van der Waals surface area contributed by atoms with Crippen molar-refractivity contribution in [1.82, 2.24) is 50.3 Å². The third-order valence-electron chi connectivity index (χ3n) is 12.3. The van der Waals surface area contributed by atoms with Gasteiger partial charge in [-0.1, -0.05) is 46.9 Å². The Hall–Kier alpha value is -6.01. The van der Waals surface area contributed by atoms with Crippen LogP contribution in [0.4, 0.5) is 0 Å². The molecule has 0 aliphatic carbocycles. The summed E-state index contributed by atoms with van der Waals surface area (Å²) in [5, 5.41) is 19.0. The Morgan fingerprint density at radius 1 is 1.11 bits per heavy atom. The maximum Gasteiger partial charge on any atom is 0.302 e. The van der Waals surface area contributed by atoms with Crippen molar-refractivity contribution in [3.63, 3.8) is 0 Å². The number of nitrogens with zero attached hydrogens (tertiary/aromatic N) is 9. The molecule has 4 amide bonds. The summed E-state index contributed by atoms with van der Waals surface area (Å²) in [4.78, 5) is 75.7. The summed E-state index contributed by atoms with van der Waals surface area (Å²) in [5.41, 5.74) is 7.63. The highest BCUT2D eigenvalue weighted by Crippen LogP contribution is 2.39. The summed E-state index contributed by atoms with van der Waals surface area (Å²) in [6.07, 6.45) is 7.03. The van der Waals surface area contributed by atoms with Crippen molar-refractivity contribution < 1.29 is 33.4 Å². The van der Waals surface area contributed by atoms with Crippen LogP contribution in [-0.2, 0) is 52.8 Å². The van der Waals surface area contributed by atoms with Gasteiger partial charge in [-0.3, -0.25) is 34.0 Å². The van der Waals surface area contributed by atoms with E-state index in [-0.39, 0.29) is 61.1 Å². The highest BCUT2D eigenvalue weighted by atomic mass is 16.5. The second-order valence-electron chi connectivity index (χ2n) is 18.1. The van der Waals surface area contributed by atoms with Crippen molar-refractivity contribution >= 4 is 52.3 Å². The predicted molar refractivity (Wildman–Crippen MR) is 253 cm³/mol. The monoisotopic (exact) mass is 912 g/mol. The van der Waals surface area contributed by atoms with Crippen molar-refractivity contribution in [1.29, 1.82) is 0 Å². The van der Waals surface area contributed by atoms with E-state index in [1.54, 1.807) is 31.3 Å². The van der Waals surface area contributed by atoms with Gasteiger partial charge < -0.3 is 29.2 Å².